The van der Waals surface area contributed by atoms with Crippen molar-refractivity contribution in [3.8, 4) is 11.5 Å². The van der Waals surface area contributed by atoms with Crippen molar-refractivity contribution in [3.05, 3.63) is 59.2 Å². The highest BCUT2D eigenvalue weighted by Gasteiger charge is 2.13. The maximum absolute atomic E-state index is 13.6. The van der Waals surface area contributed by atoms with Crippen molar-refractivity contribution in [2.24, 2.45) is 4.99 Å². The van der Waals surface area contributed by atoms with Gasteiger partial charge < -0.3 is 20.1 Å². The highest BCUT2D eigenvalue weighted by Crippen LogP contribution is 2.32. The Kier molecular flexibility index (Phi) is 5.33. The average molecular weight is 347 g/mol. The van der Waals surface area contributed by atoms with Crippen molar-refractivity contribution in [1.82, 2.24) is 10.6 Å². The summed E-state index contributed by atoms with van der Waals surface area (Å²) in [7, 11) is 1.65. The van der Waals surface area contributed by atoms with Crippen LogP contribution in [0.15, 0.2) is 41.4 Å². The van der Waals surface area contributed by atoms with E-state index in [1.54, 1.807) is 13.1 Å². The first-order chi connectivity index (χ1) is 12.2. The van der Waals surface area contributed by atoms with Gasteiger partial charge >= 0.3 is 0 Å². The second kappa shape index (κ2) is 7.83. The van der Waals surface area contributed by atoms with Gasteiger partial charge in [0.1, 0.15) is 0 Å². The zero-order valence-electron chi connectivity index (χ0n) is 13.8. The largest absolute Gasteiger partial charge is 0.454 e. The zero-order valence-corrected chi connectivity index (χ0v) is 13.8. The number of hydrogen-bond acceptors (Lipinski definition) is 3. The molecule has 0 radical (unpaired) electrons. The molecule has 132 valence electrons. The molecule has 0 aromatic heterocycles. The van der Waals surface area contributed by atoms with E-state index in [1.807, 2.05) is 18.2 Å². The van der Waals surface area contributed by atoms with Gasteiger partial charge in [0, 0.05) is 20.1 Å². The summed E-state index contributed by atoms with van der Waals surface area (Å²) in [5.41, 5.74) is 1.35. The highest BCUT2D eigenvalue weighted by molar-refractivity contribution is 5.79. The molecule has 0 saturated carbocycles. The minimum absolute atomic E-state index is 0.242. The Morgan fingerprint density at radius 2 is 1.96 bits per heavy atom. The zero-order chi connectivity index (χ0) is 17.6. The molecule has 1 heterocycles. The molecule has 25 heavy (non-hydrogen) atoms. The maximum atomic E-state index is 13.6. The number of nitrogens with zero attached hydrogens (tertiary/aromatic N) is 1. The van der Waals surface area contributed by atoms with Crippen molar-refractivity contribution >= 4 is 5.96 Å². The normalized spacial score (nSPS) is 13.0. The van der Waals surface area contributed by atoms with Crippen LogP contribution in [-0.4, -0.2) is 26.3 Å². The van der Waals surface area contributed by atoms with E-state index in [0.29, 0.717) is 31.0 Å². The van der Waals surface area contributed by atoms with Crippen LogP contribution in [0.3, 0.4) is 0 Å². The summed E-state index contributed by atoms with van der Waals surface area (Å²) in [6.07, 6.45) is 0.355. The van der Waals surface area contributed by atoms with E-state index < -0.39 is 11.6 Å². The van der Waals surface area contributed by atoms with E-state index in [0.717, 1.165) is 23.1 Å². The predicted molar refractivity (Wildman–Crippen MR) is 90.8 cm³/mol. The second-order valence-corrected chi connectivity index (χ2v) is 5.50. The standard InChI is InChI=1S/C18H19F2N3O2/c1-21-18(22-8-7-13-3-2-4-14(19)17(13)20)23-10-12-5-6-15-16(9-12)25-11-24-15/h2-6,9H,7-8,10-11H2,1H3,(H2,21,22,23). The molecule has 7 heteroatoms. The minimum atomic E-state index is -0.831. The molecule has 0 saturated heterocycles. The molecule has 2 N–H and O–H groups in total. The number of ether oxygens (including phenoxy) is 2. The number of benzene rings is 2. The minimum Gasteiger partial charge on any atom is -0.454 e. The molecule has 0 spiro atoms. The van der Waals surface area contributed by atoms with Crippen LogP contribution in [0.5, 0.6) is 11.5 Å². The second-order valence-electron chi connectivity index (χ2n) is 5.50. The number of aliphatic imine (C=N–C) groups is 1. The lowest BCUT2D eigenvalue weighted by Crippen LogP contribution is -2.37. The van der Waals surface area contributed by atoms with Crippen LogP contribution >= 0.6 is 0 Å². The molecule has 3 rings (SSSR count). The Bertz CT molecular complexity index is 781. The Balaban J connectivity index is 1.49. The number of hydrogen-bond donors (Lipinski definition) is 2. The lowest BCUT2D eigenvalue weighted by molar-refractivity contribution is 0.174. The lowest BCUT2D eigenvalue weighted by Gasteiger charge is -2.12. The van der Waals surface area contributed by atoms with Crippen LogP contribution in [0.2, 0.25) is 0 Å². The quantitative estimate of drug-likeness (QED) is 0.645. The first-order valence-corrected chi connectivity index (χ1v) is 7.93. The SMILES string of the molecule is CN=C(NCCc1cccc(F)c1F)NCc1ccc2c(c1)OCO2. The van der Waals surface area contributed by atoms with Gasteiger partial charge in [-0.1, -0.05) is 18.2 Å². The van der Waals surface area contributed by atoms with Crippen molar-refractivity contribution in [3.63, 3.8) is 0 Å². The van der Waals surface area contributed by atoms with E-state index in [1.165, 1.54) is 6.07 Å². The summed E-state index contributed by atoms with van der Waals surface area (Å²) in [5, 5.41) is 6.24. The highest BCUT2D eigenvalue weighted by atomic mass is 19.2. The van der Waals surface area contributed by atoms with Gasteiger partial charge in [-0.05, 0) is 35.7 Å². The van der Waals surface area contributed by atoms with Crippen LogP contribution in [0.4, 0.5) is 8.78 Å². The summed E-state index contributed by atoms with van der Waals surface area (Å²) in [6.45, 7) is 1.22. The molecular weight excluding hydrogens is 328 g/mol. The fourth-order valence-electron chi connectivity index (χ4n) is 2.51. The first-order valence-electron chi connectivity index (χ1n) is 7.93. The van der Waals surface area contributed by atoms with E-state index in [2.05, 4.69) is 15.6 Å². The van der Waals surface area contributed by atoms with Crippen LogP contribution in [0.1, 0.15) is 11.1 Å². The fourth-order valence-corrected chi connectivity index (χ4v) is 2.51. The van der Waals surface area contributed by atoms with Crippen molar-refractivity contribution in [1.29, 1.82) is 0 Å². The Morgan fingerprint density at radius 3 is 2.80 bits per heavy atom. The van der Waals surface area contributed by atoms with Crippen LogP contribution < -0.4 is 20.1 Å². The number of halogens is 2. The third kappa shape index (κ3) is 4.17. The molecule has 5 nitrogen and oxygen atoms in total. The lowest BCUT2D eigenvalue weighted by atomic mass is 10.1. The molecule has 0 amide bonds. The van der Waals surface area contributed by atoms with Gasteiger partial charge in [-0.2, -0.15) is 0 Å². The first kappa shape index (κ1) is 17.0. The maximum Gasteiger partial charge on any atom is 0.231 e. The summed E-state index contributed by atoms with van der Waals surface area (Å²) in [5.74, 6) is 0.414. The van der Waals surface area contributed by atoms with Crippen LogP contribution in [-0.2, 0) is 13.0 Å². The van der Waals surface area contributed by atoms with Gasteiger partial charge in [-0.3, -0.25) is 4.99 Å². The average Bonchev–Trinajstić information content (AvgIpc) is 3.09. The van der Waals surface area contributed by atoms with Crippen molar-refractivity contribution in [2.75, 3.05) is 20.4 Å². The summed E-state index contributed by atoms with van der Waals surface area (Å²) < 4.78 is 37.4. The molecule has 0 bridgehead atoms. The Morgan fingerprint density at radius 1 is 1.12 bits per heavy atom. The number of nitrogens with one attached hydrogen (secondary N) is 2. The van der Waals surface area contributed by atoms with E-state index >= 15 is 0 Å². The topological polar surface area (TPSA) is 54.9 Å². The number of guanidine groups is 1. The monoisotopic (exact) mass is 347 g/mol. The molecule has 0 atom stereocenters. The molecule has 0 unspecified atom stereocenters. The third-order valence-corrected chi connectivity index (χ3v) is 3.84. The fraction of sp³-hybridized carbons (Fsp3) is 0.278. The third-order valence-electron chi connectivity index (χ3n) is 3.84. The molecule has 2 aromatic carbocycles. The molecule has 2 aromatic rings. The Labute approximate surface area is 144 Å². The smallest absolute Gasteiger partial charge is 0.231 e. The number of rotatable bonds is 5. The number of fused-ring (bicyclic) bond motifs is 1. The summed E-state index contributed by atoms with van der Waals surface area (Å²) in [6, 6.07) is 9.89. The van der Waals surface area contributed by atoms with Gasteiger partial charge in [-0.25, -0.2) is 8.78 Å². The van der Waals surface area contributed by atoms with E-state index in [-0.39, 0.29) is 6.79 Å². The van der Waals surface area contributed by atoms with Crippen molar-refractivity contribution < 1.29 is 18.3 Å². The van der Waals surface area contributed by atoms with Crippen LogP contribution in [0, 0.1) is 11.6 Å². The summed E-state index contributed by atoms with van der Waals surface area (Å²) >= 11 is 0. The van der Waals surface area contributed by atoms with E-state index in [9.17, 15) is 8.78 Å². The molecular formula is C18H19F2N3O2. The van der Waals surface area contributed by atoms with Gasteiger partial charge in [-0.15, -0.1) is 0 Å². The van der Waals surface area contributed by atoms with Gasteiger partial charge in [0.15, 0.2) is 29.1 Å². The van der Waals surface area contributed by atoms with Crippen molar-refractivity contribution in [2.45, 2.75) is 13.0 Å². The molecule has 1 aliphatic heterocycles. The van der Waals surface area contributed by atoms with Gasteiger partial charge in [0.05, 0.1) is 0 Å². The molecule has 1 aliphatic rings. The Hall–Kier alpha value is -2.83. The molecule has 0 fully saturated rings. The van der Waals surface area contributed by atoms with Crippen LogP contribution in [0.25, 0.3) is 0 Å². The summed E-state index contributed by atoms with van der Waals surface area (Å²) in [4.78, 5) is 4.12. The van der Waals surface area contributed by atoms with Gasteiger partial charge in [0.2, 0.25) is 6.79 Å². The van der Waals surface area contributed by atoms with Gasteiger partial charge in [0.25, 0.3) is 0 Å². The molecule has 0 aliphatic carbocycles. The predicted octanol–water partition coefficient (Wildman–Crippen LogP) is 2.60. The van der Waals surface area contributed by atoms with E-state index in [4.69, 9.17) is 9.47 Å².